The molecule has 1 fully saturated rings. The van der Waals surface area contributed by atoms with Crippen LogP contribution in [0.2, 0.25) is 0 Å². The molecule has 15 heavy (non-hydrogen) atoms. The Bertz CT molecular complexity index is 423. The molecule has 0 aromatic heterocycles. The molecule has 1 saturated heterocycles. The van der Waals surface area contributed by atoms with Gasteiger partial charge in [0.05, 0.1) is 5.70 Å². The van der Waals surface area contributed by atoms with Crippen LogP contribution in [-0.2, 0) is 4.79 Å². The van der Waals surface area contributed by atoms with Crippen LogP contribution in [0.25, 0.3) is 0 Å². The first kappa shape index (κ1) is 10.4. The number of hydrogen-bond acceptors (Lipinski definition) is 4. The first-order valence-corrected chi connectivity index (χ1v) is 5.65. The topological polar surface area (TPSA) is 23.6 Å². The van der Waals surface area contributed by atoms with Crippen molar-refractivity contribution >= 4 is 34.2 Å². The molecule has 3 nitrogen and oxygen atoms in total. The molecule has 0 unspecified atom stereocenters. The smallest absolute Gasteiger partial charge is 0.268 e. The average molecular weight is 238 g/mol. The Kier molecular flexibility index (Phi) is 2.67. The summed E-state index contributed by atoms with van der Waals surface area (Å²) in [5.41, 5.74) is 0.902. The van der Waals surface area contributed by atoms with Gasteiger partial charge in [0.2, 0.25) is 0 Å². The van der Waals surface area contributed by atoms with E-state index in [2.05, 4.69) is 0 Å². The number of allylic oxidation sites excluding steroid dienone is 3. The van der Waals surface area contributed by atoms with Crippen LogP contribution >= 0.6 is 24.0 Å². The highest BCUT2D eigenvalue weighted by molar-refractivity contribution is 8.26. The summed E-state index contributed by atoms with van der Waals surface area (Å²) in [6.45, 7) is 0. The molecular formula is C10H10N2OS2. The lowest BCUT2D eigenvalue weighted by Crippen LogP contribution is -2.24. The lowest BCUT2D eigenvalue weighted by Gasteiger charge is -2.19. The molecule has 2 rings (SSSR count). The van der Waals surface area contributed by atoms with Gasteiger partial charge in [-0.3, -0.25) is 9.69 Å². The highest BCUT2D eigenvalue weighted by Crippen LogP contribution is 2.34. The molecule has 2 aliphatic rings. The lowest BCUT2D eigenvalue weighted by molar-refractivity contribution is -0.121. The molecule has 2 heterocycles. The van der Waals surface area contributed by atoms with E-state index >= 15 is 0 Å². The van der Waals surface area contributed by atoms with Crippen molar-refractivity contribution in [2.45, 2.75) is 0 Å². The second-order valence-electron chi connectivity index (χ2n) is 3.26. The van der Waals surface area contributed by atoms with Gasteiger partial charge in [0, 0.05) is 20.3 Å². The summed E-state index contributed by atoms with van der Waals surface area (Å²) in [5, 5.41) is 0. The van der Waals surface area contributed by atoms with Crippen LogP contribution in [0, 0.1) is 0 Å². The molecule has 0 spiro atoms. The van der Waals surface area contributed by atoms with Gasteiger partial charge in [-0.2, -0.15) is 0 Å². The Hall–Kier alpha value is -1.07. The summed E-state index contributed by atoms with van der Waals surface area (Å²) in [6, 6.07) is 0. The minimum Gasteiger partial charge on any atom is -0.350 e. The van der Waals surface area contributed by atoms with Gasteiger partial charge in [-0.25, -0.2) is 0 Å². The molecule has 0 atom stereocenters. The van der Waals surface area contributed by atoms with Crippen molar-refractivity contribution in [3.05, 3.63) is 35.0 Å². The molecule has 0 aromatic rings. The third-order valence-electron chi connectivity index (χ3n) is 2.25. The van der Waals surface area contributed by atoms with Crippen molar-refractivity contribution in [3.63, 3.8) is 0 Å². The Morgan fingerprint density at radius 3 is 2.60 bits per heavy atom. The Morgan fingerprint density at radius 1 is 1.33 bits per heavy atom. The summed E-state index contributed by atoms with van der Waals surface area (Å²) in [7, 11) is 3.62. The summed E-state index contributed by atoms with van der Waals surface area (Å²) in [4.78, 5) is 16.0. The zero-order valence-electron chi connectivity index (χ0n) is 8.43. The van der Waals surface area contributed by atoms with Crippen LogP contribution in [0.1, 0.15) is 0 Å². The predicted molar refractivity (Wildman–Crippen MR) is 66.0 cm³/mol. The van der Waals surface area contributed by atoms with Gasteiger partial charge in [0.25, 0.3) is 5.91 Å². The van der Waals surface area contributed by atoms with E-state index in [1.165, 1.54) is 16.7 Å². The fourth-order valence-electron chi connectivity index (χ4n) is 1.36. The second kappa shape index (κ2) is 3.83. The maximum absolute atomic E-state index is 11.8. The maximum atomic E-state index is 11.8. The van der Waals surface area contributed by atoms with Gasteiger partial charge in [-0.05, 0) is 12.2 Å². The Labute approximate surface area is 98.1 Å². The SMILES string of the molecule is CN1C=CC=CC1=C1SC(=S)N(C)C1=O. The van der Waals surface area contributed by atoms with E-state index in [0.717, 1.165) is 5.70 Å². The highest BCUT2D eigenvalue weighted by atomic mass is 32.2. The van der Waals surface area contributed by atoms with Crippen LogP contribution in [0.4, 0.5) is 0 Å². The summed E-state index contributed by atoms with van der Waals surface area (Å²) >= 11 is 6.43. The van der Waals surface area contributed by atoms with Gasteiger partial charge in [-0.15, -0.1) is 0 Å². The van der Waals surface area contributed by atoms with Crippen LogP contribution in [-0.4, -0.2) is 34.1 Å². The number of carbonyl (C=O) groups is 1. The molecular weight excluding hydrogens is 228 g/mol. The van der Waals surface area contributed by atoms with E-state index < -0.39 is 0 Å². The number of rotatable bonds is 0. The van der Waals surface area contributed by atoms with E-state index in [1.807, 2.05) is 36.4 Å². The van der Waals surface area contributed by atoms with Crippen LogP contribution in [0.15, 0.2) is 35.0 Å². The molecule has 0 N–H and O–H groups in total. The largest absolute Gasteiger partial charge is 0.350 e. The van der Waals surface area contributed by atoms with E-state index in [4.69, 9.17) is 12.2 Å². The lowest BCUT2D eigenvalue weighted by atomic mass is 10.2. The number of carbonyl (C=O) groups excluding carboxylic acids is 1. The standard InChI is InChI=1S/C10H10N2OS2/c1-11-6-4-3-5-7(11)8-9(13)12(2)10(14)15-8/h3-6H,1-2H3. The van der Waals surface area contributed by atoms with E-state index in [-0.39, 0.29) is 5.91 Å². The number of hydrogen-bond donors (Lipinski definition) is 0. The molecule has 2 aliphatic heterocycles. The molecule has 0 aromatic carbocycles. The van der Waals surface area contributed by atoms with E-state index in [1.54, 1.807) is 7.05 Å². The van der Waals surface area contributed by atoms with Crippen LogP contribution in [0.3, 0.4) is 0 Å². The highest BCUT2D eigenvalue weighted by Gasteiger charge is 2.32. The van der Waals surface area contributed by atoms with Gasteiger partial charge >= 0.3 is 0 Å². The number of thioether (sulfide) groups is 1. The van der Waals surface area contributed by atoms with Crippen molar-refractivity contribution in [2.24, 2.45) is 0 Å². The van der Waals surface area contributed by atoms with Crippen molar-refractivity contribution < 1.29 is 4.79 Å². The van der Waals surface area contributed by atoms with Crippen molar-refractivity contribution in [1.82, 2.24) is 9.80 Å². The normalized spacial score (nSPS) is 25.7. The Morgan fingerprint density at radius 2 is 2.07 bits per heavy atom. The molecule has 0 bridgehead atoms. The predicted octanol–water partition coefficient (Wildman–Crippen LogP) is 1.70. The zero-order valence-corrected chi connectivity index (χ0v) is 10.1. The molecule has 78 valence electrons. The van der Waals surface area contributed by atoms with Gasteiger partial charge in [-0.1, -0.05) is 30.1 Å². The minimum atomic E-state index is -0.0215. The summed E-state index contributed by atoms with van der Waals surface area (Å²) in [5.74, 6) is -0.0215. The molecule has 0 saturated carbocycles. The van der Waals surface area contributed by atoms with Crippen molar-refractivity contribution in [1.29, 1.82) is 0 Å². The van der Waals surface area contributed by atoms with E-state index in [0.29, 0.717) is 9.23 Å². The first-order chi connectivity index (χ1) is 7.11. The minimum absolute atomic E-state index is 0.0215. The fraction of sp³-hybridized carbons (Fsp3) is 0.200. The third kappa shape index (κ3) is 1.72. The quantitative estimate of drug-likeness (QED) is 0.473. The van der Waals surface area contributed by atoms with Crippen molar-refractivity contribution in [2.75, 3.05) is 14.1 Å². The fourth-order valence-corrected chi connectivity index (χ4v) is 2.62. The second-order valence-corrected chi connectivity index (χ2v) is 4.90. The van der Waals surface area contributed by atoms with Crippen LogP contribution < -0.4 is 0 Å². The third-order valence-corrected chi connectivity index (χ3v) is 3.81. The van der Waals surface area contributed by atoms with E-state index in [9.17, 15) is 4.79 Å². The Balaban J connectivity index is 2.42. The first-order valence-electron chi connectivity index (χ1n) is 4.43. The summed E-state index contributed by atoms with van der Waals surface area (Å²) < 4.78 is 0.610. The molecule has 5 heteroatoms. The molecule has 1 amide bonds. The van der Waals surface area contributed by atoms with Gasteiger partial charge in [0.1, 0.15) is 9.23 Å². The monoisotopic (exact) mass is 238 g/mol. The van der Waals surface area contributed by atoms with Crippen LogP contribution in [0.5, 0.6) is 0 Å². The zero-order chi connectivity index (χ0) is 11.0. The summed E-state index contributed by atoms with van der Waals surface area (Å²) in [6.07, 6.45) is 7.67. The molecule has 0 radical (unpaired) electrons. The van der Waals surface area contributed by atoms with Crippen molar-refractivity contribution in [3.8, 4) is 0 Å². The maximum Gasteiger partial charge on any atom is 0.268 e. The van der Waals surface area contributed by atoms with Gasteiger partial charge in [0.15, 0.2) is 0 Å². The molecule has 0 aliphatic carbocycles. The van der Waals surface area contributed by atoms with Gasteiger partial charge < -0.3 is 4.90 Å². The number of thiocarbonyl (C=S) groups is 1. The number of amides is 1. The number of likely N-dealkylation sites (N-methyl/N-ethyl adjacent to an activating group) is 2. The number of nitrogens with zero attached hydrogens (tertiary/aromatic N) is 2. The average Bonchev–Trinajstić information content (AvgIpc) is 2.47.